The molecule has 0 aliphatic carbocycles. The van der Waals surface area contributed by atoms with Gasteiger partial charge in [0.1, 0.15) is 11.9 Å². The van der Waals surface area contributed by atoms with Crippen LogP contribution < -0.4 is 14.5 Å². The predicted molar refractivity (Wildman–Crippen MR) is 142 cm³/mol. The van der Waals surface area contributed by atoms with Crippen molar-refractivity contribution >= 4 is 39.6 Å². The van der Waals surface area contributed by atoms with Crippen molar-refractivity contribution < 1.29 is 17.9 Å². The number of thioether (sulfide) groups is 1. The van der Waals surface area contributed by atoms with Crippen LogP contribution in [0.15, 0.2) is 77.9 Å². The molecule has 182 valence electrons. The highest BCUT2D eigenvalue weighted by atomic mass is 32.2. The highest BCUT2D eigenvalue weighted by Gasteiger charge is 2.20. The normalized spacial score (nSPS) is 13.9. The molecule has 3 aromatic carbocycles. The van der Waals surface area contributed by atoms with E-state index < -0.39 is 10.0 Å². The zero-order chi connectivity index (χ0) is 24.8. The lowest BCUT2D eigenvalue weighted by molar-refractivity contribution is 0.0955. The Balaban J connectivity index is 1.38. The summed E-state index contributed by atoms with van der Waals surface area (Å²) in [6.07, 6.45) is 3.02. The van der Waals surface area contributed by atoms with Crippen molar-refractivity contribution in [3.05, 3.63) is 95.1 Å². The number of sulfonamides is 1. The Morgan fingerprint density at radius 1 is 1.09 bits per heavy atom. The maximum Gasteiger partial charge on any atom is 0.271 e. The number of carbonyl (C=O) groups is 1. The topological polar surface area (TPSA) is 88.1 Å². The van der Waals surface area contributed by atoms with E-state index in [2.05, 4.69) is 10.5 Å². The number of benzene rings is 3. The van der Waals surface area contributed by atoms with Gasteiger partial charge in [-0.3, -0.25) is 9.10 Å². The molecular formula is C26H27N3O4S2. The number of hydrazone groups is 1. The molecule has 7 nitrogen and oxygen atoms in total. The molecule has 3 aromatic rings. The number of nitrogens with one attached hydrogen (secondary N) is 1. The number of anilines is 1. The van der Waals surface area contributed by atoms with Crippen molar-refractivity contribution in [1.82, 2.24) is 5.43 Å². The summed E-state index contributed by atoms with van der Waals surface area (Å²) in [6.45, 7) is 2.16. The van der Waals surface area contributed by atoms with Crippen LogP contribution in [0.5, 0.6) is 5.75 Å². The largest absolute Gasteiger partial charge is 0.489 e. The first kappa shape index (κ1) is 24.8. The molecule has 1 fully saturated rings. The molecule has 0 aromatic heterocycles. The van der Waals surface area contributed by atoms with E-state index in [1.54, 1.807) is 30.5 Å². The highest BCUT2D eigenvalue weighted by molar-refractivity contribution is 8.00. The third-order valence-corrected chi connectivity index (χ3v) is 7.92. The number of carbonyl (C=O) groups excluding carboxylic acids is 1. The van der Waals surface area contributed by atoms with Gasteiger partial charge in [-0.05, 0) is 72.1 Å². The molecule has 0 radical (unpaired) electrons. The molecule has 1 saturated heterocycles. The maximum atomic E-state index is 12.5. The lowest BCUT2D eigenvalue weighted by atomic mass is 10.1. The van der Waals surface area contributed by atoms with Gasteiger partial charge in [0.2, 0.25) is 10.0 Å². The smallest absolute Gasteiger partial charge is 0.271 e. The van der Waals surface area contributed by atoms with Crippen molar-refractivity contribution in [1.29, 1.82) is 0 Å². The highest BCUT2D eigenvalue weighted by Crippen LogP contribution is 2.24. The van der Waals surface area contributed by atoms with Crippen LogP contribution in [0.2, 0.25) is 0 Å². The predicted octanol–water partition coefficient (Wildman–Crippen LogP) is 4.22. The fraction of sp³-hybridized carbons (Fsp3) is 0.231. The molecule has 0 bridgehead atoms. The third kappa shape index (κ3) is 6.64. The molecule has 35 heavy (non-hydrogen) atoms. The minimum absolute atomic E-state index is 0.213. The number of hydrogen-bond donors (Lipinski definition) is 1. The number of nitrogens with zero attached hydrogens (tertiary/aromatic N) is 2. The molecule has 0 saturated carbocycles. The fourth-order valence-corrected chi connectivity index (χ4v) is 4.90. The van der Waals surface area contributed by atoms with Crippen molar-refractivity contribution in [2.75, 3.05) is 22.1 Å². The molecule has 1 N–H and O–H groups in total. The van der Waals surface area contributed by atoms with Crippen molar-refractivity contribution in [2.24, 2.45) is 5.10 Å². The molecule has 1 aliphatic rings. The van der Waals surface area contributed by atoms with Gasteiger partial charge in [0.05, 0.1) is 24.7 Å². The van der Waals surface area contributed by atoms with E-state index in [-0.39, 0.29) is 18.6 Å². The minimum atomic E-state index is -3.52. The van der Waals surface area contributed by atoms with Crippen molar-refractivity contribution in [2.45, 2.75) is 19.6 Å². The molecule has 0 spiro atoms. The third-order valence-electron chi connectivity index (χ3n) is 5.56. The average molecular weight is 510 g/mol. The molecule has 0 unspecified atom stereocenters. The van der Waals surface area contributed by atoms with Gasteiger partial charge >= 0.3 is 0 Å². The Kier molecular flexibility index (Phi) is 7.77. The van der Waals surface area contributed by atoms with Crippen LogP contribution in [0, 0.1) is 6.92 Å². The van der Waals surface area contributed by atoms with Gasteiger partial charge in [0, 0.05) is 17.1 Å². The summed E-state index contributed by atoms with van der Waals surface area (Å²) in [5.74, 6) is 2.48. The number of amides is 1. The van der Waals surface area contributed by atoms with Crippen LogP contribution in [0.1, 0.15) is 27.0 Å². The van der Waals surface area contributed by atoms with E-state index in [0.717, 1.165) is 33.9 Å². The van der Waals surface area contributed by atoms with E-state index in [4.69, 9.17) is 4.74 Å². The first-order valence-corrected chi connectivity index (χ1v) is 14.1. The van der Waals surface area contributed by atoms with Crippen LogP contribution in [0.4, 0.5) is 5.69 Å². The van der Waals surface area contributed by atoms with E-state index in [1.807, 2.05) is 67.2 Å². The monoisotopic (exact) mass is 509 g/mol. The average Bonchev–Trinajstić information content (AvgIpc) is 2.81. The van der Waals surface area contributed by atoms with E-state index in [9.17, 15) is 13.2 Å². The van der Waals surface area contributed by atoms with Crippen LogP contribution in [0.3, 0.4) is 0 Å². The van der Waals surface area contributed by atoms with Gasteiger partial charge in [-0.15, -0.1) is 0 Å². The van der Waals surface area contributed by atoms with Gasteiger partial charge in [0.15, 0.2) is 0 Å². The summed E-state index contributed by atoms with van der Waals surface area (Å²) >= 11 is 1.87. The number of ether oxygens (including phenoxy) is 1. The van der Waals surface area contributed by atoms with Gasteiger partial charge < -0.3 is 4.74 Å². The van der Waals surface area contributed by atoms with Crippen LogP contribution in [-0.2, 0) is 16.6 Å². The second-order valence-corrected chi connectivity index (χ2v) is 11.3. The molecular weight excluding hydrogens is 482 g/mol. The standard InChI is InChI=1S/C26H27N3O4S2/c1-19-5-3-4-6-22(19)16-29(35(2,31)32)23-11-9-21(10-12-23)26(30)28-27-15-20-7-13-24(14-8-20)33-25-17-34-18-25/h3-15,25H,16-18H2,1-2H3,(H,28,30)/b27-15-. The van der Waals surface area contributed by atoms with Crippen LogP contribution in [0.25, 0.3) is 0 Å². The van der Waals surface area contributed by atoms with E-state index in [1.165, 1.54) is 10.6 Å². The zero-order valence-electron chi connectivity index (χ0n) is 19.5. The van der Waals surface area contributed by atoms with Gasteiger partial charge in [-0.2, -0.15) is 16.9 Å². The lowest BCUT2D eigenvalue weighted by Crippen LogP contribution is -2.30. The second-order valence-electron chi connectivity index (χ2n) is 8.29. The summed E-state index contributed by atoms with van der Waals surface area (Å²) in [4.78, 5) is 12.5. The Labute approximate surface area is 210 Å². The summed E-state index contributed by atoms with van der Waals surface area (Å²) in [5.41, 5.74) is 6.11. The summed E-state index contributed by atoms with van der Waals surface area (Å²) in [6, 6.07) is 21.6. The Bertz CT molecular complexity index is 1300. The maximum absolute atomic E-state index is 12.5. The van der Waals surface area contributed by atoms with Gasteiger partial charge in [-0.25, -0.2) is 13.8 Å². The minimum Gasteiger partial charge on any atom is -0.489 e. The Morgan fingerprint density at radius 3 is 2.37 bits per heavy atom. The first-order chi connectivity index (χ1) is 16.8. The summed E-state index contributed by atoms with van der Waals surface area (Å²) < 4.78 is 32.0. The van der Waals surface area contributed by atoms with Crippen molar-refractivity contribution in [3.63, 3.8) is 0 Å². The number of hydrogen-bond acceptors (Lipinski definition) is 6. The zero-order valence-corrected chi connectivity index (χ0v) is 21.2. The first-order valence-electron chi connectivity index (χ1n) is 11.1. The lowest BCUT2D eigenvalue weighted by Gasteiger charge is -2.25. The van der Waals surface area contributed by atoms with Crippen LogP contribution in [-0.4, -0.2) is 44.4 Å². The van der Waals surface area contributed by atoms with E-state index >= 15 is 0 Å². The quantitative estimate of drug-likeness (QED) is 0.345. The second kappa shape index (κ2) is 11.0. The molecule has 1 heterocycles. The SMILES string of the molecule is Cc1ccccc1CN(c1ccc(C(=O)N/N=C\c2ccc(OC3CSC3)cc2)cc1)S(C)(=O)=O. The number of aryl methyl sites for hydroxylation is 1. The Morgan fingerprint density at radius 2 is 1.77 bits per heavy atom. The molecule has 1 amide bonds. The van der Waals surface area contributed by atoms with E-state index in [0.29, 0.717) is 11.3 Å². The molecule has 0 atom stereocenters. The van der Waals surface area contributed by atoms with Crippen molar-refractivity contribution in [3.8, 4) is 5.75 Å². The van der Waals surface area contributed by atoms with Crippen LogP contribution >= 0.6 is 11.8 Å². The number of rotatable bonds is 9. The molecule has 1 aliphatic heterocycles. The molecule has 9 heteroatoms. The molecule has 4 rings (SSSR count). The summed E-state index contributed by atoms with van der Waals surface area (Å²) in [5, 5.41) is 4.02. The van der Waals surface area contributed by atoms with Gasteiger partial charge in [0.25, 0.3) is 5.91 Å². The Hall–Kier alpha value is -3.30. The fourth-order valence-electron chi connectivity index (χ4n) is 3.46. The van der Waals surface area contributed by atoms with Gasteiger partial charge in [-0.1, -0.05) is 24.3 Å². The summed E-state index contributed by atoms with van der Waals surface area (Å²) in [7, 11) is -3.52.